The molecule has 0 saturated carbocycles. The maximum atomic E-state index is 12.0. The van der Waals surface area contributed by atoms with Gasteiger partial charge in [-0.15, -0.1) is 0 Å². The molecule has 20 heavy (non-hydrogen) atoms. The minimum atomic E-state index is -0.752. The number of likely N-dealkylation sites (tertiary alicyclic amines) is 1. The van der Waals surface area contributed by atoms with Crippen molar-refractivity contribution in [2.75, 3.05) is 19.6 Å². The summed E-state index contributed by atoms with van der Waals surface area (Å²) in [5.74, 6) is -0.410. The summed E-state index contributed by atoms with van der Waals surface area (Å²) in [5, 5.41) is 11.6. The first-order chi connectivity index (χ1) is 9.65. The van der Waals surface area contributed by atoms with Gasteiger partial charge in [-0.25, -0.2) is 4.79 Å². The Hall–Kier alpha value is -1.52. The molecule has 0 aromatic rings. The maximum absolute atomic E-state index is 12.0. The third-order valence-electron chi connectivity index (χ3n) is 4.20. The number of urea groups is 1. The third kappa shape index (κ3) is 4.54. The van der Waals surface area contributed by atoms with E-state index in [0.717, 1.165) is 19.4 Å². The van der Waals surface area contributed by atoms with Crippen molar-refractivity contribution in [2.24, 2.45) is 5.92 Å². The molecule has 1 saturated heterocycles. The molecule has 1 aliphatic heterocycles. The van der Waals surface area contributed by atoms with Gasteiger partial charge in [-0.1, -0.05) is 11.6 Å². The molecule has 0 aromatic carbocycles. The van der Waals surface area contributed by atoms with E-state index in [9.17, 15) is 9.59 Å². The molecular weight excluding hydrogens is 256 g/mol. The zero-order chi connectivity index (χ0) is 14.4. The van der Waals surface area contributed by atoms with Gasteiger partial charge in [0.15, 0.2) is 0 Å². The van der Waals surface area contributed by atoms with Gasteiger partial charge in [-0.2, -0.15) is 0 Å². The van der Waals surface area contributed by atoms with Crippen molar-refractivity contribution in [1.29, 1.82) is 0 Å². The summed E-state index contributed by atoms with van der Waals surface area (Å²) in [6.07, 6.45) is 8.65. The zero-order valence-electron chi connectivity index (χ0n) is 11.9. The second kappa shape index (κ2) is 7.31. The first-order valence-electron chi connectivity index (χ1n) is 7.57. The van der Waals surface area contributed by atoms with Crippen molar-refractivity contribution < 1.29 is 14.7 Å². The fourth-order valence-electron chi connectivity index (χ4n) is 2.99. The highest BCUT2D eigenvalue weighted by atomic mass is 16.4. The maximum Gasteiger partial charge on any atom is 0.317 e. The summed E-state index contributed by atoms with van der Waals surface area (Å²) in [6, 6.07) is 0.00132. The van der Waals surface area contributed by atoms with Crippen LogP contribution in [0.15, 0.2) is 11.6 Å². The molecule has 2 aliphatic rings. The Morgan fingerprint density at radius 3 is 3.00 bits per heavy atom. The predicted molar refractivity (Wildman–Crippen MR) is 76.5 cm³/mol. The van der Waals surface area contributed by atoms with Crippen molar-refractivity contribution in [3.63, 3.8) is 0 Å². The van der Waals surface area contributed by atoms with E-state index in [4.69, 9.17) is 5.11 Å². The van der Waals surface area contributed by atoms with Crippen LogP contribution in [0.2, 0.25) is 0 Å². The fraction of sp³-hybridized carbons (Fsp3) is 0.733. The molecule has 1 heterocycles. The Bertz CT molecular complexity index is 393. The minimum absolute atomic E-state index is 0.00132. The normalized spacial score (nSPS) is 21.9. The molecule has 1 atom stereocenters. The zero-order valence-corrected chi connectivity index (χ0v) is 11.9. The Labute approximate surface area is 120 Å². The molecule has 0 aromatic heterocycles. The van der Waals surface area contributed by atoms with Gasteiger partial charge in [0, 0.05) is 26.1 Å². The Morgan fingerprint density at radius 1 is 1.45 bits per heavy atom. The van der Waals surface area contributed by atoms with Crippen LogP contribution in [0.5, 0.6) is 0 Å². The summed E-state index contributed by atoms with van der Waals surface area (Å²) < 4.78 is 0. The number of carboxylic acid groups (broad SMARTS) is 1. The first kappa shape index (κ1) is 14.9. The number of aliphatic carboxylic acids is 1. The monoisotopic (exact) mass is 280 g/mol. The number of rotatable bonds is 6. The van der Waals surface area contributed by atoms with E-state index in [1.165, 1.54) is 24.8 Å². The van der Waals surface area contributed by atoms with Crippen LogP contribution in [0.4, 0.5) is 4.79 Å². The number of nitrogens with one attached hydrogen (secondary N) is 1. The Morgan fingerprint density at radius 2 is 2.30 bits per heavy atom. The third-order valence-corrected chi connectivity index (χ3v) is 4.20. The van der Waals surface area contributed by atoms with Gasteiger partial charge in [0.2, 0.25) is 0 Å². The molecule has 2 amide bonds. The number of carbonyl (C=O) groups excluding carboxylic acids is 1. The number of carbonyl (C=O) groups is 2. The van der Waals surface area contributed by atoms with Gasteiger partial charge in [0.25, 0.3) is 0 Å². The molecular formula is C15H24N2O3. The lowest BCUT2D eigenvalue weighted by molar-refractivity contribution is -0.137. The van der Waals surface area contributed by atoms with Gasteiger partial charge in [0.1, 0.15) is 0 Å². The van der Waals surface area contributed by atoms with Crippen LogP contribution in [-0.2, 0) is 4.79 Å². The lowest BCUT2D eigenvalue weighted by Gasteiger charge is -2.17. The number of amides is 2. The summed E-state index contributed by atoms with van der Waals surface area (Å²) in [6.45, 7) is 2.15. The molecule has 0 spiro atoms. The Kier molecular flexibility index (Phi) is 5.44. The van der Waals surface area contributed by atoms with Crippen LogP contribution in [0.1, 0.15) is 44.9 Å². The van der Waals surface area contributed by atoms with Crippen molar-refractivity contribution in [1.82, 2.24) is 10.2 Å². The summed E-state index contributed by atoms with van der Waals surface area (Å²) in [5.41, 5.74) is 1.46. The standard InChI is InChI=1S/C15H24N2O3/c18-14(19)6-5-13-8-10-17(11-13)15(20)16-9-7-12-3-1-2-4-12/h3,13H,1-2,4-11H2,(H,16,20)(H,18,19). The topological polar surface area (TPSA) is 69.6 Å². The quantitative estimate of drug-likeness (QED) is 0.734. The number of hydrogen-bond donors (Lipinski definition) is 2. The fourth-order valence-corrected chi connectivity index (χ4v) is 2.99. The molecule has 1 aliphatic carbocycles. The van der Waals surface area contributed by atoms with Crippen LogP contribution in [0.25, 0.3) is 0 Å². The number of hydrogen-bond acceptors (Lipinski definition) is 2. The van der Waals surface area contributed by atoms with E-state index in [-0.39, 0.29) is 12.5 Å². The van der Waals surface area contributed by atoms with Crippen molar-refractivity contribution in [2.45, 2.75) is 44.9 Å². The van der Waals surface area contributed by atoms with Gasteiger partial charge in [-0.3, -0.25) is 4.79 Å². The second-order valence-electron chi connectivity index (χ2n) is 5.77. The largest absolute Gasteiger partial charge is 0.481 e. The van der Waals surface area contributed by atoms with Crippen LogP contribution in [0.3, 0.4) is 0 Å². The highest BCUT2D eigenvalue weighted by molar-refractivity contribution is 5.74. The van der Waals surface area contributed by atoms with Crippen LogP contribution in [0, 0.1) is 5.92 Å². The molecule has 2 N–H and O–H groups in total. The molecule has 0 radical (unpaired) electrons. The van der Waals surface area contributed by atoms with E-state index in [0.29, 0.717) is 25.4 Å². The molecule has 2 rings (SSSR count). The van der Waals surface area contributed by atoms with E-state index in [1.807, 2.05) is 4.90 Å². The number of carboxylic acids is 1. The number of nitrogens with zero attached hydrogens (tertiary/aromatic N) is 1. The smallest absolute Gasteiger partial charge is 0.317 e. The predicted octanol–water partition coefficient (Wildman–Crippen LogP) is 2.38. The van der Waals surface area contributed by atoms with Crippen molar-refractivity contribution in [3.05, 3.63) is 11.6 Å². The summed E-state index contributed by atoms with van der Waals surface area (Å²) in [4.78, 5) is 24.3. The van der Waals surface area contributed by atoms with Gasteiger partial charge >= 0.3 is 12.0 Å². The van der Waals surface area contributed by atoms with Crippen LogP contribution < -0.4 is 5.32 Å². The molecule has 112 valence electrons. The Balaban J connectivity index is 1.62. The first-order valence-corrected chi connectivity index (χ1v) is 7.57. The second-order valence-corrected chi connectivity index (χ2v) is 5.77. The van der Waals surface area contributed by atoms with Gasteiger partial charge < -0.3 is 15.3 Å². The summed E-state index contributed by atoms with van der Waals surface area (Å²) in [7, 11) is 0. The molecule has 1 unspecified atom stereocenters. The van der Waals surface area contributed by atoms with E-state index in [1.54, 1.807) is 0 Å². The van der Waals surface area contributed by atoms with Crippen molar-refractivity contribution in [3.8, 4) is 0 Å². The highest BCUT2D eigenvalue weighted by Gasteiger charge is 2.26. The molecule has 5 nitrogen and oxygen atoms in total. The SMILES string of the molecule is O=C(O)CCC1CCN(C(=O)NCCC2=CCCC2)C1. The average molecular weight is 280 g/mol. The van der Waals surface area contributed by atoms with E-state index < -0.39 is 5.97 Å². The van der Waals surface area contributed by atoms with E-state index >= 15 is 0 Å². The molecule has 0 bridgehead atoms. The molecule has 1 fully saturated rings. The van der Waals surface area contributed by atoms with Gasteiger partial charge in [0.05, 0.1) is 0 Å². The average Bonchev–Trinajstić information content (AvgIpc) is 3.07. The van der Waals surface area contributed by atoms with E-state index in [2.05, 4.69) is 11.4 Å². The lowest BCUT2D eigenvalue weighted by atomic mass is 10.0. The van der Waals surface area contributed by atoms with Crippen LogP contribution in [-0.4, -0.2) is 41.6 Å². The number of allylic oxidation sites excluding steroid dienone is 1. The van der Waals surface area contributed by atoms with Crippen molar-refractivity contribution >= 4 is 12.0 Å². The minimum Gasteiger partial charge on any atom is -0.481 e. The lowest BCUT2D eigenvalue weighted by Crippen LogP contribution is -2.39. The summed E-state index contributed by atoms with van der Waals surface area (Å²) >= 11 is 0. The molecule has 5 heteroatoms. The van der Waals surface area contributed by atoms with Crippen LogP contribution >= 0.6 is 0 Å². The van der Waals surface area contributed by atoms with Gasteiger partial charge in [-0.05, 0) is 44.4 Å². The highest BCUT2D eigenvalue weighted by Crippen LogP contribution is 2.22.